The molecule has 1 unspecified atom stereocenters. The maximum atomic E-state index is 13.1. The van der Waals surface area contributed by atoms with Gasteiger partial charge in [0.05, 0.1) is 11.3 Å². The van der Waals surface area contributed by atoms with Gasteiger partial charge in [-0.2, -0.15) is 0 Å². The molecule has 0 saturated heterocycles. The Morgan fingerprint density at radius 3 is 2.61 bits per heavy atom. The lowest BCUT2D eigenvalue weighted by Crippen LogP contribution is -2.43. The zero-order valence-electron chi connectivity index (χ0n) is 9.88. The fourth-order valence-corrected chi connectivity index (χ4v) is 1.79. The summed E-state index contributed by atoms with van der Waals surface area (Å²) in [6.07, 6.45) is 0. The van der Waals surface area contributed by atoms with Gasteiger partial charge in [0.15, 0.2) is 0 Å². The second-order valence-electron chi connectivity index (χ2n) is 3.66. The molecule has 1 aromatic carbocycles. The lowest BCUT2D eigenvalue weighted by molar-refractivity contribution is -0.122. The Bertz CT molecular complexity index is 493. The third-order valence-electron chi connectivity index (χ3n) is 2.32. The van der Waals surface area contributed by atoms with E-state index in [1.165, 1.54) is 20.0 Å². The maximum Gasteiger partial charge on any atom is 0.253 e. The van der Waals surface area contributed by atoms with Gasteiger partial charge in [-0.15, -0.1) is 0 Å². The van der Waals surface area contributed by atoms with Crippen molar-refractivity contribution < 1.29 is 14.0 Å². The summed E-state index contributed by atoms with van der Waals surface area (Å²) in [6, 6.07) is 1.63. The number of amides is 2. The highest BCUT2D eigenvalue weighted by Gasteiger charge is 2.18. The van der Waals surface area contributed by atoms with Crippen molar-refractivity contribution in [2.75, 3.05) is 12.8 Å². The van der Waals surface area contributed by atoms with Crippen LogP contribution in [0.1, 0.15) is 17.3 Å². The molecule has 0 aliphatic rings. The van der Waals surface area contributed by atoms with Crippen LogP contribution in [0.15, 0.2) is 16.6 Å². The summed E-state index contributed by atoms with van der Waals surface area (Å²) >= 11 is 3.07. The third kappa shape index (κ3) is 3.19. The minimum Gasteiger partial charge on any atom is -0.396 e. The summed E-state index contributed by atoms with van der Waals surface area (Å²) < 4.78 is 13.4. The van der Waals surface area contributed by atoms with E-state index >= 15 is 0 Å². The summed E-state index contributed by atoms with van der Waals surface area (Å²) in [5.41, 5.74) is 5.43. The molecule has 1 atom stereocenters. The number of rotatable bonds is 3. The van der Waals surface area contributed by atoms with E-state index in [-0.39, 0.29) is 21.6 Å². The number of hydrogen-bond acceptors (Lipinski definition) is 3. The molecule has 2 amide bonds. The average Bonchev–Trinajstić information content (AvgIpc) is 2.32. The van der Waals surface area contributed by atoms with Gasteiger partial charge in [0.1, 0.15) is 11.9 Å². The van der Waals surface area contributed by atoms with Gasteiger partial charge in [-0.05, 0) is 35.0 Å². The summed E-state index contributed by atoms with van der Waals surface area (Å²) in [6.45, 7) is 1.54. The number of hydrogen-bond donors (Lipinski definition) is 3. The maximum absolute atomic E-state index is 13.1. The van der Waals surface area contributed by atoms with Crippen molar-refractivity contribution in [1.29, 1.82) is 0 Å². The lowest BCUT2D eigenvalue weighted by atomic mass is 10.1. The third-order valence-corrected chi connectivity index (χ3v) is 2.97. The van der Waals surface area contributed by atoms with E-state index in [0.717, 1.165) is 6.07 Å². The first-order valence-corrected chi connectivity index (χ1v) is 5.93. The molecule has 0 radical (unpaired) electrons. The van der Waals surface area contributed by atoms with Crippen molar-refractivity contribution >= 4 is 33.4 Å². The Labute approximate surface area is 112 Å². The van der Waals surface area contributed by atoms with Gasteiger partial charge in [0.2, 0.25) is 5.91 Å². The van der Waals surface area contributed by atoms with Crippen LogP contribution in [0.2, 0.25) is 0 Å². The van der Waals surface area contributed by atoms with Crippen molar-refractivity contribution in [3.05, 3.63) is 28.0 Å². The van der Waals surface area contributed by atoms with Crippen molar-refractivity contribution in [3.63, 3.8) is 0 Å². The standard InChI is InChI=1S/C11H13BrFN3O2/c1-5(10(17)15-2)16-11(18)6-3-9(14)8(13)4-7(6)12/h3-5H,14H2,1-2H3,(H,15,17)(H,16,18). The second-order valence-corrected chi connectivity index (χ2v) is 4.52. The lowest BCUT2D eigenvalue weighted by Gasteiger charge is -2.13. The Morgan fingerprint density at radius 1 is 1.44 bits per heavy atom. The van der Waals surface area contributed by atoms with Crippen LogP contribution in [0.25, 0.3) is 0 Å². The van der Waals surface area contributed by atoms with Crippen molar-refractivity contribution in [3.8, 4) is 0 Å². The predicted molar refractivity (Wildman–Crippen MR) is 69.5 cm³/mol. The number of carbonyl (C=O) groups excluding carboxylic acids is 2. The normalized spacial score (nSPS) is 11.8. The van der Waals surface area contributed by atoms with Gasteiger partial charge in [-0.1, -0.05) is 0 Å². The second kappa shape index (κ2) is 5.81. The van der Waals surface area contributed by atoms with E-state index in [1.807, 2.05) is 0 Å². The van der Waals surface area contributed by atoms with Crippen LogP contribution in [0, 0.1) is 5.82 Å². The summed E-state index contributed by atoms with van der Waals surface area (Å²) in [7, 11) is 1.47. The highest BCUT2D eigenvalue weighted by molar-refractivity contribution is 9.10. The first-order valence-electron chi connectivity index (χ1n) is 5.13. The van der Waals surface area contributed by atoms with Gasteiger partial charge in [-0.3, -0.25) is 9.59 Å². The van der Waals surface area contributed by atoms with E-state index in [4.69, 9.17) is 5.73 Å². The van der Waals surface area contributed by atoms with Crippen LogP contribution in [0.4, 0.5) is 10.1 Å². The molecule has 0 aliphatic carbocycles. The van der Waals surface area contributed by atoms with E-state index in [2.05, 4.69) is 26.6 Å². The van der Waals surface area contributed by atoms with Crippen LogP contribution in [0.3, 0.4) is 0 Å². The monoisotopic (exact) mass is 317 g/mol. The predicted octanol–water partition coefficient (Wildman–Crippen LogP) is 1.03. The minimum absolute atomic E-state index is 0.129. The summed E-state index contributed by atoms with van der Waals surface area (Å²) in [5, 5.41) is 4.88. The Hall–Kier alpha value is -1.63. The number of nitrogens with two attached hydrogens (primary N) is 1. The van der Waals surface area contributed by atoms with E-state index in [0.29, 0.717) is 0 Å². The summed E-state index contributed by atoms with van der Waals surface area (Å²) in [4.78, 5) is 23.1. The van der Waals surface area contributed by atoms with Crippen molar-refractivity contribution in [1.82, 2.24) is 10.6 Å². The van der Waals surface area contributed by atoms with Crippen molar-refractivity contribution in [2.24, 2.45) is 0 Å². The smallest absolute Gasteiger partial charge is 0.253 e. The Balaban J connectivity index is 2.91. The van der Waals surface area contributed by atoms with E-state index in [9.17, 15) is 14.0 Å². The molecule has 18 heavy (non-hydrogen) atoms. The van der Waals surface area contributed by atoms with E-state index in [1.54, 1.807) is 0 Å². The number of benzene rings is 1. The molecule has 98 valence electrons. The van der Waals surface area contributed by atoms with Gasteiger partial charge in [0, 0.05) is 11.5 Å². The number of nitrogens with one attached hydrogen (secondary N) is 2. The van der Waals surface area contributed by atoms with Gasteiger partial charge in [0.25, 0.3) is 5.91 Å². The van der Waals surface area contributed by atoms with Crippen molar-refractivity contribution in [2.45, 2.75) is 13.0 Å². The highest BCUT2D eigenvalue weighted by Crippen LogP contribution is 2.22. The molecule has 0 aliphatic heterocycles. The number of carbonyl (C=O) groups is 2. The minimum atomic E-state index is -0.694. The highest BCUT2D eigenvalue weighted by atomic mass is 79.9. The molecular formula is C11H13BrFN3O2. The molecule has 1 rings (SSSR count). The largest absolute Gasteiger partial charge is 0.396 e. The van der Waals surface area contributed by atoms with Gasteiger partial charge in [-0.25, -0.2) is 4.39 Å². The molecule has 0 heterocycles. The Kier molecular flexibility index (Phi) is 4.66. The van der Waals surface area contributed by atoms with Crippen LogP contribution < -0.4 is 16.4 Å². The van der Waals surface area contributed by atoms with Crippen LogP contribution in [-0.4, -0.2) is 24.9 Å². The zero-order chi connectivity index (χ0) is 13.9. The quantitative estimate of drug-likeness (QED) is 0.728. The average molecular weight is 318 g/mol. The first-order chi connectivity index (χ1) is 8.36. The van der Waals surface area contributed by atoms with Crippen LogP contribution in [-0.2, 0) is 4.79 Å². The molecule has 4 N–H and O–H groups in total. The molecule has 5 nitrogen and oxygen atoms in total. The molecule has 1 aromatic rings. The fraction of sp³-hybridized carbons (Fsp3) is 0.273. The van der Waals surface area contributed by atoms with Gasteiger partial charge < -0.3 is 16.4 Å². The number of halogens is 2. The number of anilines is 1. The Morgan fingerprint density at radius 2 is 2.06 bits per heavy atom. The SMILES string of the molecule is CNC(=O)C(C)NC(=O)c1cc(N)c(F)cc1Br. The molecule has 7 heteroatoms. The fourth-order valence-electron chi connectivity index (χ4n) is 1.30. The number of likely N-dealkylation sites (N-methyl/N-ethyl adjacent to an activating group) is 1. The number of nitrogen functional groups attached to an aromatic ring is 1. The van der Waals surface area contributed by atoms with Crippen LogP contribution in [0.5, 0.6) is 0 Å². The molecule has 0 spiro atoms. The topological polar surface area (TPSA) is 84.2 Å². The summed E-state index contributed by atoms with van der Waals surface area (Å²) in [5.74, 6) is -1.45. The first kappa shape index (κ1) is 14.4. The molecule has 0 saturated carbocycles. The van der Waals surface area contributed by atoms with Crippen LogP contribution >= 0.6 is 15.9 Å². The van der Waals surface area contributed by atoms with Gasteiger partial charge >= 0.3 is 0 Å². The molecular weight excluding hydrogens is 305 g/mol. The molecule has 0 fully saturated rings. The molecule has 0 bridgehead atoms. The van der Waals surface area contributed by atoms with E-state index < -0.39 is 17.8 Å². The zero-order valence-corrected chi connectivity index (χ0v) is 11.5. The molecule has 0 aromatic heterocycles.